The summed E-state index contributed by atoms with van der Waals surface area (Å²) in [6.07, 6.45) is 7.49. The van der Waals surface area contributed by atoms with Gasteiger partial charge >= 0.3 is 0 Å². The molecule has 4 heteroatoms. The van der Waals surface area contributed by atoms with E-state index in [9.17, 15) is 0 Å². The standard InChI is InChI=1S/C11H13N3O/c12-11(4-5-11)3-1-10-14-8-7-13-6-2-9(8)15-10/h2,6-7H,1,3-5,12H2. The van der Waals surface area contributed by atoms with Gasteiger partial charge < -0.3 is 10.2 Å². The number of rotatable bonds is 3. The molecule has 0 bridgehead atoms. The Morgan fingerprint density at radius 2 is 2.33 bits per heavy atom. The third kappa shape index (κ3) is 1.72. The number of oxazole rings is 1. The van der Waals surface area contributed by atoms with E-state index in [4.69, 9.17) is 10.2 Å². The van der Waals surface area contributed by atoms with Gasteiger partial charge in [0.05, 0.1) is 6.20 Å². The first kappa shape index (κ1) is 8.85. The van der Waals surface area contributed by atoms with Gasteiger partial charge in [-0.05, 0) is 19.3 Å². The zero-order chi connectivity index (χ0) is 10.3. The molecule has 0 unspecified atom stereocenters. The van der Waals surface area contributed by atoms with Gasteiger partial charge in [0.15, 0.2) is 11.5 Å². The fourth-order valence-electron chi connectivity index (χ4n) is 1.70. The molecule has 3 rings (SSSR count). The maximum absolute atomic E-state index is 6.01. The average molecular weight is 203 g/mol. The predicted octanol–water partition coefficient (Wildman–Crippen LogP) is 1.65. The van der Waals surface area contributed by atoms with E-state index in [-0.39, 0.29) is 5.54 Å². The molecule has 2 aromatic rings. The second-order valence-electron chi connectivity index (χ2n) is 4.31. The van der Waals surface area contributed by atoms with Crippen molar-refractivity contribution in [1.82, 2.24) is 9.97 Å². The predicted molar refractivity (Wildman–Crippen MR) is 56.3 cm³/mol. The van der Waals surface area contributed by atoms with Gasteiger partial charge in [-0.2, -0.15) is 0 Å². The van der Waals surface area contributed by atoms with E-state index in [1.165, 1.54) is 0 Å². The molecule has 0 saturated heterocycles. The van der Waals surface area contributed by atoms with Gasteiger partial charge in [0.1, 0.15) is 5.52 Å². The van der Waals surface area contributed by atoms with Crippen LogP contribution in [-0.2, 0) is 6.42 Å². The number of pyridine rings is 1. The molecular weight excluding hydrogens is 190 g/mol. The highest BCUT2D eigenvalue weighted by atomic mass is 16.3. The van der Waals surface area contributed by atoms with Crippen molar-refractivity contribution in [3.8, 4) is 0 Å². The van der Waals surface area contributed by atoms with Crippen molar-refractivity contribution < 1.29 is 4.42 Å². The topological polar surface area (TPSA) is 64.9 Å². The number of aryl methyl sites for hydroxylation is 1. The molecule has 0 amide bonds. The molecular formula is C11H13N3O. The molecule has 4 nitrogen and oxygen atoms in total. The van der Waals surface area contributed by atoms with Crippen LogP contribution in [0.15, 0.2) is 22.9 Å². The van der Waals surface area contributed by atoms with Gasteiger partial charge in [-0.1, -0.05) is 0 Å². The summed E-state index contributed by atoms with van der Waals surface area (Å²) in [6, 6.07) is 1.83. The Hall–Kier alpha value is -1.42. The third-order valence-corrected chi connectivity index (χ3v) is 2.96. The van der Waals surface area contributed by atoms with Crippen LogP contribution in [0.5, 0.6) is 0 Å². The average Bonchev–Trinajstić information content (AvgIpc) is 2.83. The molecule has 1 saturated carbocycles. The lowest BCUT2D eigenvalue weighted by Crippen LogP contribution is -2.22. The van der Waals surface area contributed by atoms with Crippen molar-refractivity contribution >= 4 is 11.1 Å². The summed E-state index contributed by atoms with van der Waals surface area (Å²) in [5.41, 5.74) is 7.71. The molecule has 15 heavy (non-hydrogen) atoms. The van der Waals surface area contributed by atoms with Crippen LogP contribution in [0.4, 0.5) is 0 Å². The SMILES string of the molecule is NC1(CCc2nc3cnccc3o2)CC1. The first-order chi connectivity index (χ1) is 7.25. The summed E-state index contributed by atoms with van der Waals surface area (Å²) < 4.78 is 5.58. The van der Waals surface area contributed by atoms with Crippen LogP contribution in [0, 0.1) is 0 Å². The van der Waals surface area contributed by atoms with E-state index in [1.807, 2.05) is 6.07 Å². The zero-order valence-electron chi connectivity index (χ0n) is 8.44. The highest BCUT2D eigenvalue weighted by Gasteiger charge is 2.37. The van der Waals surface area contributed by atoms with Crippen LogP contribution < -0.4 is 5.73 Å². The first-order valence-electron chi connectivity index (χ1n) is 5.24. The molecule has 1 fully saturated rings. The molecule has 1 aliphatic carbocycles. The van der Waals surface area contributed by atoms with Gasteiger partial charge in [-0.15, -0.1) is 0 Å². The number of hydrogen-bond donors (Lipinski definition) is 1. The van der Waals surface area contributed by atoms with Crippen molar-refractivity contribution in [2.75, 3.05) is 0 Å². The van der Waals surface area contributed by atoms with Crippen molar-refractivity contribution in [1.29, 1.82) is 0 Å². The number of nitrogens with two attached hydrogens (primary N) is 1. The minimum Gasteiger partial charge on any atom is -0.441 e. The summed E-state index contributed by atoms with van der Waals surface area (Å²) in [5, 5.41) is 0. The van der Waals surface area contributed by atoms with Crippen molar-refractivity contribution in [2.45, 2.75) is 31.2 Å². The second-order valence-corrected chi connectivity index (χ2v) is 4.31. The highest BCUT2D eigenvalue weighted by molar-refractivity contribution is 5.70. The van der Waals surface area contributed by atoms with Crippen LogP contribution in [0.3, 0.4) is 0 Å². The van der Waals surface area contributed by atoms with Gasteiger partial charge in [-0.3, -0.25) is 4.98 Å². The molecule has 0 radical (unpaired) electrons. The minimum absolute atomic E-state index is 0.0684. The Labute approximate surface area is 87.5 Å². The molecule has 0 aliphatic heterocycles. The lowest BCUT2D eigenvalue weighted by Gasteiger charge is -2.04. The molecule has 1 aliphatic rings. The summed E-state index contributed by atoms with van der Waals surface area (Å²) >= 11 is 0. The Bertz CT molecular complexity index is 454. The summed E-state index contributed by atoms with van der Waals surface area (Å²) in [4.78, 5) is 8.36. The number of hydrogen-bond acceptors (Lipinski definition) is 4. The molecule has 2 heterocycles. The van der Waals surface area contributed by atoms with E-state index >= 15 is 0 Å². The molecule has 2 N–H and O–H groups in total. The molecule has 2 aromatic heterocycles. The van der Waals surface area contributed by atoms with Crippen molar-refractivity contribution in [3.63, 3.8) is 0 Å². The highest BCUT2D eigenvalue weighted by Crippen LogP contribution is 2.36. The Kier molecular flexibility index (Phi) is 1.79. The fraction of sp³-hybridized carbons (Fsp3) is 0.455. The summed E-state index contributed by atoms with van der Waals surface area (Å²) in [5.74, 6) is 0.773. The van der Waals surface area contributed by atoms with Crippen LogP contribution in [0.1, 0.15) is 25.2 Å². The maximum Gasteiger partial charge on any atom is 0.195 e. The van der Waals surface area contributed by atoms with Crippen molar-refractivity contribution in [3.05, 3.63) is 24.4 Å². The Balaban J connectivity index is 1.79. The third-order valence-electron chi connectivity index (χ3n) is 2.96. The van der Waals surface area contributed by atoms with Crippen LogP contribution >= 0.6 is 0 Å². The fourth-order valence-corrected chi connectivity index (χ4v) is 1.70. The Morgan fingerprint density at radius 3 is 3.07 bits per heavy atom. The number of nitrogens with zero attached hydrogens (tertiary/aromatic N) is 2. The van der Waals surface area contributed by atoms with Gasteiger partial charge in [0, 0.05) is 24.2 Å². The molecule has 0 aromatic carbocycles. The summed E-state index contributed by atoms with van der Waals surface area (Å²) in [7, 11) is 0. The lowest BCUT2D eigenvalue weighted by molar-refractivity contribution is 0.491. The smallest absolute Gasteiger partial charge is 0.195 e. The lowest BCUT2D eigenvalue weighted by atomic mass is 10.1. The van der Waals surface area contributed by atoms with Crippen LogP contribution in [0.25, 0.3) is 11.1 Å². The molecule has 0 atom stereocenters. The van der Waals surface area contributed by atoms with E-state index in [0.717, 1.165) is 42.7 Å². The maximum atomic E-state index is 6.01. The Morgan fingerprint density at radius 1 is 1.47 bits per heavy atom. The van der Waals surface area contributed by atoms with Crippen LogP contribution in [0.2, 0.25) is 0 Å². The second kappa shape index (κ2) is 3.03. The van der Waals surface area contributed by atoms with Gasteiger partial charge in [0.2, 0.25) is 0 Å². The first-order valence-corrected chi connectivity index (χ1v) is 5.24. The van der Waals surface area contributed by atoms with Crippen molar-refractivity contribution in [2.24, 2.45) is 5.73 Å². The van der Waals surface area contributed by atoms with E-state index in [2.05, 4.69) is 9.97 Å². The largest absolute Gasteiger partial charge is 0.441 e. The zero-order valence-corrected chi connectivity index (χ0v) is 8.44. The number of fused-ring (bicyclic) bond motifs is 1. The quantitative estimate of drug-likeness (QED) is 0.823. The van der Waals surface area contributed by atoms with E-state index in [1.54, 1.807) is 12.4 Å². The van der Waals surface area contributed by atoms with Crippen LogP contribution in [-0.4, -0.2) is 15.5 Å². The minimum atomic E-state index is 0.0684. The van der Waals surface area contributed by atoms with Gasteiger partial charge in [-0.25, -0.2) is 4.98 Å². The van der Waals surface area contributed by atoms with E-state index < -0.39 is 0 Å². The molecule has 0 spiro atoms. The normalized spacial score (nSPS) is 18.2. The molecule has 78 valence electrons. The van der Waals surface area contributed by atoms with Gasteiger partial charge in [0.25, 0.3) is 0 Å². The number of aromatic nitrogens is 2. The monoisotopic (exact) mass is 203 g/mol. The van der Waals surface area contributed by atoms with E-state index in [0.29, 0.717) is 0 Å². The summed E-state index contributed by atoms with van der Waals surface area (Å²) in [6.45, 7) is 0.